The maximum absolute atomic E-state index is 16.1. The van der Waals surface area contributed by atoms with Crippen molar-refractivity contribution in [1.82, 2.24) is 15.0 Å². The van der Waals surface area contributed by atoms with Gasteiger partial charge in [0.25, 0.3) is 0 Å². The van der Waals surface area contributed by atoms with Gasteiger partial charge in [0, 0.05) is 24.8 Å². The highest BCUT2D eigenvalue weighted by Crippen LogP contribution is 2.39. The van der Waals surface area contributed by atoms with E-state index in [0.29, 0.717) is 53.7 Å². The molecule has 1 N–H and O–H groups in total. The minimum absolute atomic E-state index is 0.0175. The highest BCUT2D eigenvalue weighted by Gasteiger charge is 2.26. The minimum Gasteiger partial charge on any atom is -0.508 e. The van der Waals surface area contributed by atoms with E-state index in [0.717, 1.165) is 0 Å². The second-order valence-electron chi connectivity index (χ2n) is 8.49. The first-order valence-corrected chi connectivity index (χ1v) is 11.5. The molecule has 1 atom stereocenters. The van der Waals surface area contributed by atoms with Crippen LogP contribution in [0, 0.1) is 23.0 Å². The van der Waals surface area contributed by atoms with Gasteiger partial charge in [-0.1, -0.05) is 13.0 Å². The summed E-state index contributed by atoms with van der Waals surface area (Å²) in [6.07, 6.45) is 1.75. The molecule has 2 aromatic carbocycles. The molecule has 0 radical (unpaired) electrons. The number of fused-ring (bicyclic) bond motifs is 2. The van der Waals surface area contributed by atoms with E-state index in [1.54, 1.807) is 6.07 Å². The maximum Gasteiger partial charge on any atom is 0.318 e. The van der Waals surface area contributed by atoms with Crippen molar-refractivity contribution in [2.24, 2.45) is 0 Å². The molecule has 0 spiro atoms. The number of hydrogen-bond donors (Lipinski definition) is 1. The van der Waals surface area contributed by atoms with Crippen LogP contribution in [-0.4, -0.2) is 53.0 Å². The smallest absolute Gasteiger partial charge is 0.318 e. The van der Waals surface area contributed by atoms with E-state index >= 15 is 4.39 Å². The summed E-state index contributed by atoms with van der Waals surface area (Å²) in [7, 11) is 1.39. The van der Waals surface area contributed by atoms with Crippen molar-refractivity contribution in [1.29, 1.82) is 5.26 Å². The number of rotatable bonds is 5. The molecule has 2 aromatic heterocycles. The quantitative estimate of drug-likeness (QED) is 0.435. The van der Waals surface area contributed by atoms with Crippen LogP contribution in [0.3, 0.4) is 0 Å². The zero-order chi connectivity index (χ0) is 25.4. The number of halogens is 2. The lowest BCUT2D eigenvalue weighted by atomic mass is 9.94. The SMILES string of the molecule is CCc1c(F)ccc2cc(O)cc(-c3ncc4c(N5CCOC(CC#N)C5)nc(OC)nc4c3F)c12. The van der Waals surface area contributed by atoms with E-state index in [2.05, 4.69) is 21.0 Å². The van der Waals surface area contributed by atoms with Gasteiger partial charge in [-0.25, -0.2) is 8.78 Å². The van der Waals surface area contributed by atoms with E-state index in [1.165, 1.54) is 31.5 Å². The van der Waals surface area contributed by atoms with Gasteiger partial charge in [0.2, 0.25) is 0 Å². The van der Waals surface area contributed by atoms with Gasteiger partial charge in [-0.05, 0) is 41.0 Å². The Bertz CT molecular complexity index is 1520. The van der Waals surface area contributed by atoms with Crippen LogP contribution in [0.2, 0.25) is 0 Å². The Morgan fingerprint density at radius 1 is 1.28 bits per heavy atom. The monoisotopic (exact) mass is 491 g/mol. The summed E-state index contributed by atoms with van der Waals surface area (Å²) in [6.45, 7) is 3.07. The molecule has 36 heavy (non-hydrogen) atoms. The Labute approximate surface area is 205 Å². The van der Waals surface area contributed by atoms with Gasteiger partial charge < -0.3 is 19.5 Å². The number of phenols is 1. The second kappa shape index (κ2) is 9.51. The van der Waals surface area contributed by atoms with Gasteiger partial charge in [0.05, 0.1) is 37.7 Å². The van der Waals surface area contributed by atoms with E-state index in [4.69, 9.17) is 14.7 Å². The summed E-state index contributed by atoms with van der Waals surface area (Å²) < 4.78 is 41.7. The fourth-order valence-corrected chi connectivity index (χ4v) is 4.71. The number of pyridine rings is 1. The van der Waals surface area contributed by atoms with Gasteiger partial charge in [-0.15, -0.1) is 0 Å². The fourth-order valence-electron chi connectivity index (χ4n) is 4.71. The van der Waals surface area contributed by atoms with Gasteiger partial charge in [0.15, 0.2) is 5.82 Å². The van der Waals surface area contributed by atoms with Crippen molar-refractivity contribution in [3.63, 3.8) is 0 Å². The Hall–Kier alpha value is -4.10. The molecule has 3 heterocycles. The average Bonchev–Trinajstić information content (AvgIpc) is 2.88. The first-order valence-electron chi connectivity index (χ1n) is 11.5. The van der Waals surface area contributed by atoms with Gasteiger partial charge in [0.1, 0.15) is 28.6 Å². The zero-order valence-corrected chi connectivity index (χ0v) is 19.8. The molecule has 8 nitrogen and oxygen atoms in total. The van der Waals surface area contributed by atoms with E-state index in [9.17, 15) is 9.50 Å². The molecule has 0 aliphatic carbocycles. The maximum atomic E-state index is 16.1. The standard InChI is InChI=1S/C26H23F2N5O3/c1-3-17-20(27)5-4-14-10-15(34)11-18(21(14)17)23-22(28)24-19(12-30-23)25(32-26(31-24)35-2)33-8-9-36-16(13-33)6-7-29/h4-5,10-12,16,34H,3,6,8-9,13H2,1-2H3. The lowest BCUT2D eigenvalue weighted by Crippen LogP contribution is -2.43. The number of anilines is 1. The van der Waals surface area contributed by atoms with Crippen LogP contribution < -0.4 is 9.64 Å². The van der Waals surface area contributed by atoms with Crippen LogP contribution in [0.15, 0.2) is 30.5 Å². The summed E-state index contributed by atoms with van der Waals surface area (Å²) in [5.41, 5.74) is 0.581. The van der Waals surface area contributed by atoms with Crippen molar-refractivity contribution in [2.75, 3.05) is 31.7 Å². The normalized spacial score (nSPS) is 15.9. The summed E-state index contributed by atoms with van der Waals surface area (Å²) >= 11 is 0. The van der Waals surface area contributed by atoms with Gasteiger partial charge >= 0.3 is 6.01 Å². The minimum atomic E-state index is -0.741. The predicted molar refractivity (Wildman–Crippen MR) is 130 cm³/mol. The van der Waals surface area contributed by atoms with Crippen molar-refractivity contribution in [3.8, 4) is 29.1 Å². The highest BCUT2D eigenvalue weighted by molar-refractivity contribution is 6.01. The van der Waals surface area contributed by atoms with Crippen molar-refractivity contribution < 1.29 is 23.4 Å². The van der Waals surface area contributed by atoms with Crippen LogP contribution in [0.1, 0.15) is 18.9 Å². The number of hydrogen-bond acceptors (Lipinski definition) is 8. The molecule has 0 bridgehead atoms. The summed E-state index contributed by atoms with van der Waals surface area (Å²) in [5.74, 6) is -0.828. The predicted octanol–water partition coefficient (Wildman–Crippen LogP) is 4.52. The van der Waals surface area contributed by atoms with Crippen molar-refractivity contribution in [2.45, 2.75) is 25.9 Å². The average molecular weight is 491 g/mol. The highest BCUT2D eigenvalue weighted by atomic mass is 19.1. The summed E-state index contributed by atoms with van der Waals surface area (Å²) in [6, 6.07) is 7.85. The third-order valence-electron chi connectivity index (χ3n) is 6.35. The van der Waals surface area contributed by atoms with Gasteiger partial charge in [-0.2, -0.15) is 15.2 Å². The molecule has 10 heteroatoms. The number of aryl methyl sites for hydroxylation is 1. The first kappa shape index (κ1) is 23.6. The van der Waals surface area contributed by atoms with Crippen LogP contribution >= 0.6 is 0 Å². The van der Waals surface area contributed by atoms with Crippen LogP contribution in [-0.2, 0) is 11.2 Å². The summed E-state index contributed by atoms with van der Waals surface area (Å²) in [4.78, 5) is 15.0. The third kappa shape index (κ3) is 4.01. The molecular formula is C26H23F2N5O3. The Morgan fingerprint density at radius 3 is 2.86 bits per heavy atom. The zero-order valence-electron chi connectivity index (χ0n) is 19.8. The van der Waals surface area contributed by atoms with Crippen molar-refractivity contribution in [3.05, 3.63) is 47.7 Å². The molecule has 0 saturated carbocycles. The number of aromatic nitrogens is 3. The number of phenolic OH excluding ortho intramolecular Hbond substituents is 1. The Kier molecular flexibility index (Phi) is 6.24. The number of nitrogens with zero attached hydrogens (tertiary/aromatic N) is 5. The number of nitriles is 1. The number of morpholine rings is 1. The topological polar surface area (TPSA) is 104 Å². The number of methoxy groups -OCH3 is 1. The molecule has 1 unspecified atom stereocenters. The molecule has 184 valence electrons. The second-order valence-corrected chi connectivity index (χ2v) is 8.49. The molecule has 1 fully saturated rings. The molecule has 1 aliphatic rings. The van der Waals surface area contributed by atoms with E-state index in [1.807, 2.05) is 11.8 Å². The molecule has 1 aliphatic heterocycles. The van der Waals surface area contributed by atoms with Crippen LogP contribution in [0.4, 0.5) is 14.6 Å². The van der Waals surface area contributed by atoms with Crippen LogP contribution in [0.25, 0.3) is 32.9 Å². The first-order chi connectivity index (χ1) is 17.4. The largest absolute Gasteiger partial charge is 0.508 e. The number of aromatic hydroxyl groups is 1. The molecule has 4 aromatic rings. The van der Waals surface area contributed by atoms with Gasteiger partial charge in [-0.3, -0.25) is 4.98 Å². The molecule has 0 amide bonds. The summed E-state index contributed by atoms with van der Waals surface area (Å²) in [5, 5.41) is 20.8. The van der Waals surface area contributed by atoms with Crippen molar-refractivity contribution >= 4 is 27.5 Å². The number of benzene rings is 2. The third-order valence-corrected chi connectivity index (χ3v) is 6.35. The lowest BCUT2D eigenvalue weighted by Gasteiger charge is -2.33. The number of ether oxygens (including phenoxy) is 2. The lowest BCUT2D eigenvalue weighted by molar-refractivity contribution is 0.0436. The van der Waals surface area contributed by atoms with E-state index in [-0.39, 0.29) is 41.1 Å². The molecular weight excluding hydrogens is 468 g/mol. The Morgan fingerprint density at radius 2 is 2.11 bits per heavy atom. The fraction of sp³-hybridized carbons (Fsp3) is 0.308. The van der Waals surface area contributed by atoms with E-state index < -0.39 is 11.6 Å². The molecule has 5 rings (SSSR count). The molecule has 1 saturated heterocycles. The Balaban J connectivity index is 1.73. The van der Waals surface area contributed by atoms with Crippen LogP contribution in [0.5, 0.6) is 11.8 Å².